The zero-order valence-electron chi connectivity index (χ0n) is 10.9. The highest BCUT2D eigenvalue weighted by molar-refractivity contribution is 7.89. The number of sulfonamides is 1. The highest BCUT2D eigenvalue weighted by Crippen LogP contribution is 2.24. The summed E-state index contributed by atoms with van der Waals surface area (Å²) in [6.07, 6.45) is 3.60. The van der Waals surface area contributed by atoms with Crippen LogP contribution < -0.4 is 0 Å². The van der Waals surface area contributed by atoms with Gasteiger partial charge in [-0.15, -0.1) is 0 Å². The number of rotatable bonds is 6. The zero-order valence-corrected chi connectivity index (χ0v) is 11.7. The van der Waals surface area contributed by atoms with Crippen molar-refractivity contribution in [3.05, 3.63) is 12.4 Å². The van der Waals surface area contributed by atoms with Crippen molar-refractivity contribution in [2.24, 2.45) is 5.92 Å². The minimum Gasteiger partial charge on any atom is -0.394 e. The number of ether oxygens (including phenoxy) is 1. The standard InChI is InChI=1S/C11H19N3O4S/c1-18-9-10-2-3-14(7-10)19(16,17)11-6-12-13(8-11)4-5-15/h6,8,10,15H,2-5,7,9H2,1H3. The van der Waals surface area contributed by atoms with Crippen molar-refractivity contribution in [2.45, 2.75) is 17.9 Å². The average molecular weight is 289 g/mol. The van der Waals surface area contributed by atoms with Gasteiger partial charge in [0.2, 0.25) is 10.0 Å². The van der Waals surface area contributed by atoms with Gasteiger partial charge in [-0.3, -0.25) is 4.68 Å². The summed E-state index contributed by atoms with van der Waals surface area (Å²) < 4.78 is 32.7. The van der Waals surface area contributed by atoms with Crippen molar-refractivity contribution < 1.29 is 18.3 Å². The molecule has 0 aliphatic carbocycles. The molecule has 0 bridgehead atoms. The van der Waals surface area contributed by atoms with E-state index in [0.717, 1.165) is 6.42 Å². The fourth-order valence-corrected chi connectivity index (χ4v) is 3.73. The van der Waals surface area contributed by atoms with Crippen LogP contribution in [0.25, 0.3) is 0 Å². The van der Waals surface area contributed by atoms with Crippen LogP contribution in [0, 0.1) is 5.92 Å². The molecule has 1 atom stereocenters. The van der Waals surface area contributed by atoms with Crippen molar-refractivity contribution in [3.8, 4) is 0 Å². The van der Waals surface area contributed by atoms with E-state index in [-0.39, 0.29) is 17.4 Å². The summed E-state index contributed by atoms with van der Waals surface area (Å²) in [5, 5.41) is 12.7. The van der Waals surface area contributed by atoms with Gasteiger partial charge in [0, 0.05) is 26.4 Å². The highest BCUT2D eigenvalue weighted by Gasteiger charge is 2.33. The predicted octanol–water partition coefficient (Wildman–Crippen LogP) is -0.468. The van der Waals surface area contributed by atoms with E-state index in [0.29, 0.717) is 26.2 Å². The summed E-state index contributed by atoms with van der Waals surface area (Å²) in [5.74, 6) is 0.257. The van der Waals surface area contributed by atoms with Crippen molar-refractivity contribution in [3.63, 3.8) is 0 Å². The van der Waals surface area contributed by atoms with Crippen LogP contribution in [0.4, 0.5) is 0 Å². The molecule has 2 rings (SSSR count). The first-order chi connectivity index (χ1) is 9.07. The van der Waals surface area contributed by atoms with Crippen LogP contribution in [0.3, 0.4) is 0 Å². The fourth-order valence-electron chi connectivity index (χ4n) is 2.24. The molecule has 1 unspecified atom stereocenters. The highest BCUT2D eigenvalue weighted by atomic mass is 32.2. The molecule has 0 amide bonds. The van der Waals surface area contributed by atoms with E-state index < -0.39 is 10.0 Å². The maximum atomic E-state index is 12.4. The lowest BCUT2D eigenvalue weighted by Gasteiger charge is -2.15. The third-order valence-electron chi connectivity index (χ3n) is 3.23. The number of nitrogens with zero attached hydrogens (tertiary/aromatic N) is 3. The quantitative estimate of drug-likeness (QED) is 0.765. The first kappa shape index (κ1) is 14.4. The summed E-state index contributed by atoms with van der Waals surface area (Å²) in [6.45, 7) is 1.81. The second-order valence-corrected chi connectivity index (χ2v) is 6.57. The van der Waals surface area contributed by atoms with E-state index in [4.69, 9.17) is 9.84 Å². The first-order valence-corrected chi connectivity index (χ1v) is 7.64. The Hall–Kier alpha value is -0.960. The van der Waals surface area contributed by atoms with Crippen LogP contribution in [-0.2, 0) is 21.3 Å². The van der Waals surface area contributed by atoms with E-state index in [1.807, 2.05) is 0 Å². The lowest BCUT2D eigenvalue weighted by Crippen LogP contribution is -2.29. The SMILES string of the molecule is COCC1CCN(S(=O)(=O)c2cnn(CCO)c2)C1. The molecule has 1 aromatic rings. The molecule has 1 saturated heterocycles. The first-order valence-electron chi connectivity index (χ1n) is 6.20. The number of hydrogen-bond donors (Lipinski definition) is 1. The van der Waals surface area contributed by atoms with Crippen LogP contribution in [0.1, 0.15) is 6.42 Å². The van der Waals surface area contributed by atoms with Crippen LogP contribution in [0.2, 0.25) is 0 Å². The minimum atomic E-state index is -3.47. The largest absolute Gasteiger partial charge is 0.394 e. The second kappa shape index (κ2) is 6.00. The Labute approximate surface area is 112 Å². The molecule has 1 aliphatic rings. The predicted molar refractivity (Wildman–Crippen MR) is 68.1 cm³/mol. The van der Waals surface area contributed by atoms with E-state index in [1.165, 1.54) is 21.4 Å². The maximum absolute atomic E-state index is 12.4. The van der Waals surface area contributed by atoms with Gasteiger partial charge in [0.25, 0.3) is 0 Å². The van der Waals surface area contributed by atoms with Gasteiger partial charge in [-0.25, -0.2) is 8.42 Å². The van der Waals surface area contributed by atoms with Crippen molar-refractivity contribution in [1.82, 2.24) is 14.1 Å². The lowest BCUT2D eigenvalue weighted by atomic mass is 10.1. The van der Waals surface area contributed by atoms with Crippen molar-refractivity contribution in [2.75, 3.05) is 33.4 Å². The molecule has 1 aromatic heterocycles. The Kier molecular flexibility index (Phi) is 4.56. The molecule has 1 aliphatic heterocycles. The number of methoxy groups -OCH3 is 1. The lowest BCUT2D eigenvalue weighted by molar-refractivity contribution is 0.157. The van der Waals surface area contributed by atoms with Gasteiger partial charge in [-0.2, -0.15) is 9.40 Å². The van der Waals surface area contributed by atoms with E-state index in [9.17, 15) is 8.42 Å². The van der Waals surface area contributed by atoms with Crippen LogP contribution >= 0.6 is 0 Å². The number of hydrogen-bond acceptors (Lipinski definition) is 5. The second-order valence-electron chi connectivity index (χ2n) is 4.64. The molecule has 1 fully saturated rings. The smallest absolute Gasteiger partial charge is 0.246 e. The summed E-state index contributed by atoms with van der Waals surface area (Å²) in [7, 11) is -1.85. The van der Waals surface area contributed by atoms with Crippen LogP contribution in [0.15, 0.2) is 17.3 Å². The van der Waals surface area contributed by atoms with Crippen LogP contribution in [-0.4, -0.2) is 61.0 Å². The van der Waals surface area contributed by atoms with Gasteiger partial charge in [-0.1, -0.05) is 0 Å². The Balaban J connectivity index is 2.09. The molecule has 8 heteroatoms. The third-order valence-corrected chi connectivity index (χ3v) is 5.05. The van der Waals surface area contributed by atoms with Gasteiger partial charge >= 0.3 is 0 Å². The fraction of sp³-hybridized carbons (Fsp3) is 0.727. The Morgan fingerprint density at radius 2 is 2.37 bits per heavy atom. The Morgan fingerprint density at radius 1 is 1.58 bits per heavy atom. The van der Waals surface area contributed by atoms with Gasteiger partial charge in [0.1, 0.15) is 4.90 Å². The summed E-state index contributed by atoms with van der Waals surface area (Å²) in [6, 6.07) is 0. The number of aliphatic hydroxyl groups excluding tert-OH is 1. The molecule has 2 heterocycles. The minimum absolute atomic E-state index is 0.0687. The number of aliphatic hydroxyl groups is 1. The Morgan fingerprint density at radius 3 is 3.05 bits per heavy atom. The molecular weight excluding hydrogens is 270 g/mol. The van der Waals surface area contributed by atoms with Gasteiger partial charge < -0.3 is 9.84 Å². The summed E-state index contributed by atoms with van der Waals surface area (Å²) >= 11 is 0. The van der Waals surface area contributed by atoms with E-state index >= 15 is 0 Å². The van der Waals surface area contributed by atoms with E-state index in [2.05, 4.69) is 5.10 Å². The van der Waals surface area contributed by atoms with E-state index in [1.54, 1.807) is 7.11 Å². The monoisotopic (exact) mass is 289 g/mol. The molecule has 0 radical (unpaired) electrons. The molecule has 1 N–H and O–H groups in total. The molecular formula is C11H19N3O4S. The molecule has 7 nitrogen and oxygen atoms in total. The van der Waals surface area contributed by atoms with Crippen LogP contribution in [0.5, 0.6) is 0 Å². The zero-order chi connectivity index (χ0) is 13.9. The third kappa shape index (κ3) is 3.14. The summed E-state index contributed by atoms with van der Waals surface area (Å²) in [5.41, 5.74) is 0. The van der Waals surface area contributed by atoms with Gasteiger partial charge in [0.05, 0.1) is 26.0 Å². The number of aromatic nitrogens is 2. The van der Waals surface area contributed by atoms with Crippen molar-refractivity contribution in [1.29, 1.82) is 0 Å². The average Bonchev–Trinajstić information content (AvgIpc) is 2.99. The molecule has 19 heavy (non-hydrogen) atoms. The van der Waals surface area contributed by atoms with Gasteiger partial charge in [0.15, 0.2) is 0 Å². The maximum Gasteiger partial charge on any atom is 0.246 e. The van der Waals surface area contributed by atoms with Crippen molar-refractivity contribution >= 4 is 10.0 Å². The normalized spacial score (nSPS) is 21.1. The topological polar surface area (TPSA) is 84.7 Å². The molecule has 108 valence electrons. The Bertz CT molecular complexity index is 514. The molecule has 0 spiro atoms. The molecule has 0 aromatic carbocycles. The molecule has 0 saturated carbocycles. The summed E-state index contributed by atoms with van der Waals surface area (Å²) in [4.78, 5) is 0.180. The van der Waals surface area contributed by atoms with Gasteiger partial charge in [-0.05, 0) is 12.3 Å².